The molecule has 0 unspecified atom stereocenters. The molecule has 0 bridgehead atoms. The first-order valence-corrected chi connectivity index (χ1v) is 10.3. The largest absolute Gasteiger partial charge is 0.457 e. The number of aromatic nitrogens is 2. The summed E-state index contributed by atoms with van der Waals surface area (Å²) in [5.74, 6) is 2.96. The first-order valence-electron chi connectivity index (χ1n) is 9.87. The molecule has 0 aliphatic heterocycles. The van der Waals surface area contributed by atoms with Crippen LogP contribution in [-0.4, -0.2) is 9.97 Å². The average Bonchev–Trinajstić information content (AvgIpc) is 2.81. The molecule has 4 aromatic carbocycles. The SMILES string of the molecule is Clc1ccc(-c2nc(Nc3ccc(Oc4ccccc4)cc3)c3ccccc3n2)cc1. The highest BCUT2D eigenvalue weighted by atomic mass is 35.5. The molecule has 1 N–H and O–H groups in total. The number of halogens is 1. The number of fused-ring (bicyclic) bond motifs is 1. The lowest BCUT2D eigenvalue weighted by Gasteiger charge is -2.12. The van der Waals surface area contributed by atoms with Gasteiger partial charge in [-0.15, -0.1) is 0 Å². The summed E-state index contributed by atoms with van der Waals surface area (Å²) in [7, 11) is 0. The zero-order chi connectivity index (χ0) is 21.0. The molecule has 5 heteroatoms. The Balaban J connectivity index is 1.46. The van der Waals surface area contributed by atoms with E-state index in [1.165, 1.54) is 0 Å². The lowest BCUT2D eigenvalue weighted by molar-refractivity contribution is 0.483. The molecule has 0 atom stereocenters. The van der Waals surface area contributed by atoms with Gasteiger partial charge in [0.15, 0.2) is 5.82 Å². The van der Waals surface area contributed by atoms with Crippen LogP contribution in [0.4, 0.5) is 11.5 Å². The molecule has 1 aromatic heterocycles. The van der Waals surface area contributed by atoms with Crippen LogP contribution in [0.1, 0.15) is 0 Å². The predicted octanol–water partition coefficient (Wildman–Crippen LogP) is 7.49. The topological polar surface area (TPSA) is 47.0 Å². The minimum Gasteiger partial charge on any atom is -0.457 e. The molecule has 0 spiro atoms. The highest BCUT2D eigenvalue weighted by molar-refractivity contribution is 6.30. The van der Waals surface area contributed by atoms with E-state index in [4.69, 9.17) is 26.3 Å². The Morgan fingerprint density at radius 1 is 0.645 bits per heavy atom. The van der Waals surface area contributed by atoms with E-state index >= 15 is 0 Å². The summed E-state index contributed by atoms with van der Waals surface area (Å²) in [5.41, 5.74) is 2.69. The molecular weight excluding hydrogens is 406 g/mol. The fourth-order valence-electron chi connectivity index (χ4n) is 3.27. The number of hydrogen-bond acceptors (Lipinski definition) is 4. The van der Waals surface area contributed by atoms with Crippen molar-refractivity contribution >= 4 is 34.0 Å². The molecule has 4 nitrogen and oxygen atoms in total. The highest BCUT2D eigenvalue weighted by Crippen LogP contribution is 2.29. The van der Waals surface area contributed by atoms with Gasteiger partial charge in [-0.25, -0.2) is 9.97 Å². The summed E-state index contributed by atoms with van der Waals surface area (Å²) in [4.78, 5) is 9.51. The number of hydrogen-bond donors (Lipinski definition) is 1. The van der Waals surface area contributed by atoms with Crippen LogP contribution in [0.5, 0.6) is 11.5 Å². The van der Waals surface area contributed by atoms with Gasteiger partial charge in [0.05, 0.1) is 5.52 Å². The minimum atomic E-state index is 0.641. The van der Waals surface area contributed by atoms with Crippen LogP contribution in [0, 0.1) is 0 Å². The number of benzene rings is 4. The maximum Gasteiger partial charge on any atom is 0.162 e. The van der Waals surface area contributed by atoms with Gasteiger partial charge in [-0.05, 0) is 72.8 Å². The minimum absolute atomic E-state index is 0.641. The van der Waals surface area contributed by atoms with E-state index in [9.17, 15) is 0 Å². The summed E-state index contributed by atoms with van der Waals surface area (Å²) >= 11 is 6.03. The van der Waals surface area contributed by atoms with Crippen molar-refractivity contribution in [3.05, 3.63) is 108 Å². The van der Waals surface area contributed by atoms with E-state index in [2.05, 4.69) is 5.32 Å². The van der Waals surface area contributed by atoms with Crippen molar-refractivity contribution in [2.45, 2.75) is 0 Å². The van der Waals surface area contributed by atoms with E-state index in [1.807, 2.05) is 103 Å². The van der Waals surface area contributed by atoms with Crippen LogP contribution in [0.3, 0.4) is 0 Å². The van der Waals surface area contributed by atoms with Crippen molar-refractivity contribution in [3.8, 4) is 22.9 Å². The van der Waals surface area contributed by atoms with Gasteiger partial charge in [0.1, 0.15) is 17.3 Å². The lowest BCUT2D eigenvalue weighted by Crippen LogP contribution is -1.99. The van der Waals surface area contributed by atoms with Crippen molar-refractivity contribution in [2.24, 2.45) is 0 Å². The van der Waals surface area contributed by atoms with Gasteiger partial charge in [0.2, 0.25) is 0 Å². The van der Waals surface area contributed by atoms with Gasteiger partial charge in [-0.2, -0.15) is 0 Å². The molecule has 150 valence electrons. The lowest BCUT2D eigenvalue weighted by atomic mass is 10.2. The van der Waals surface area contributed by atoms with Crippen molar-refractivity contribution in [2.75, 3.05) is 5.32 Å². The fourth-order valence-corrected chi connectivity index (χ4v) is 3.39. The second kappa shape index (κ2) is 8.46. The number of rotatable bonds is 5. The fraction of sp³-hybridized carbons (Fsp3) is 0. The molecule has 0 saturated heterocycles. The predicted molar refractivity (Wildman–Crippen MR) is 126 cm³/mol. The Morgan fingerprint density at radius 2 is 1.32 bits per heavy atom. The number of nitrogens with zero attached hydrogens (tertiary/aromatic N) is 2. The number of ether oxygens (including phenoxy) is 1. The third-order valence-electron chi connectivity index (χ3n) is 4.80. The second-order valence-corrected chi connectivity index (χ2v) is 7.42. The number of nitrogens with one attached hydrogen (secondary N) is 1. The molecule has 0 aliphatic carbocycles. The molecule has 5 aromatic rings. The monoisotopic (exact) mass is 423 g/mol. The van der Waals surface area contributed by atoms with Gasteiger partial charge in [-0.1, -0.05) is 41.9 Å². The Labute approximate surface area is 185 Å². The Bertz CT molecular complexity index is 1320. The zero-order valence-corrected chi connectivity index (χ0v) is 17.3. The standard InChI is InChI=1S/C26H18ClN3O/c27-19-12-10-18(11-13-19)25-29-24-9-5-4-8-23(24)26(30-25)28-20-14-16-22(17-15-20)31-21-6-2-1-3-7-21/h1-17H,(H,28,29,30). The average molecular weight is 424 g/mol. The third kappa shape index (κ3) is 4.34. The van der Waals surface area contributed by atoms with Crippen molar-refractivity contribution in [1.29, 1.82) is 0 Å². The Hall–Kier alpha value is -3.89. The summed E-state index contributed by atoms with van der Waals surface area (Å²) in [6.45, 7) is 0. The van der Waals surface area contributed by atoms with Gasteiger partial charge in [0.25, 0.3) is 0 Å². The quantitative estimate of drug-likeness (QED) is 0.318. The molecule has 0 saturated carbocycles. The smallest absolute Gasteiger partial charge is 0.162 e. The van der Waals surface area contributed by atoms with Crippen LogP contribution in [0.15, 0.2) is 103 Å². The van der Waals surface area contributed by atoms with E-state index in [1.54, 1.807) is 0 Å². The van der Waals surface area contributed by atoms with E-state index in [0.717, 1.165) is 39.5 Å². The van der Waals surface area contributed by atoms with Gasteiger partial charge in [-0.3, -0.25) is 0 Å². The molecule has 0 fully saturated rings. The summed E-state index contributed by atoms with van der Waals surface area (Å²) < 4.78 is 5.88. The second-order valence-electron chi connectivity index (χ2n) is 6.98. The van der Waals surface area contributed by atoms with E-state index in [0.29, 0.717) is 10.8 Å². The van der Waals surface area contributed by atoms with Crippen molar-refractivity contribution < 1.29 is 4.74 Å². The molecular formula is C26H18ClN3O. The molecule has 0 radical (unpaired) electrons. The molecule has 5 rings (SSSR count). The summed E-state index contributed by atoms with van der Waals surface area (Å²) in [5, 5.41) is 5.06. The van der Waals surface area contributed by atoms with Crippen LogP contribution < -0.4 is 10.1 Å². The Kier molecular flexibility index (Phi) is 5.21. The summed E-state index contributed by atoms with van der Waals surface area (Å²) in [6.07, 6.45) is 0. The molecule has 0 amide bonds. The maximum absolute atomic E-state index is 6.03. The van der Waals surface area contributed by atoms with Crippen LogP contribution in [0.25, 0.3) is 22.3 Å². The van der Waals surface area contributed by atoms with Crippen LogP contribution in [0.2, 0.25) is 5.02 Å². The van der Waals surface area contributed by atoms with Crippen molar-refractivity contribution in [3.63, 3.8) is 0 Å². The van der Waals surface area contributed by atoms with Gasteiger partial charge >= 0.3 is 0 Å². The maximum atomic E-state index is 6.03. The number of anilines is 2. The first-order chi connectivity index (χ1) is 15.2. The van der Waals surface area contributed by atoms with Gasteiger partial charge < -0.3 is 10.1 Å². The Morgan fingerprint density at radius 3 is 2.10 bits per heavy atom. The normalized spacial score (nSPS) is 10.7. The first kappa shape index (κ1) is 19.1. The van der Waals surface area contributed by atoms with Crippen LogP contribution >= 0.6 is 11.6 Å². The summed E-state index contributed by atoms with van der Waals surface area (Å²) in [6, 6.07) is 33.0. The van der Waals surface area contributed by atoms with E-state index in [-0.39, 0.29) is 0 Å². The highest BCUT2D eigenvalue weighted by Gasteiger charge is 2.10. The number of para-hydroxylation sites is 2. The van der Waals surface area contributed by atoms with Crippen LogP contribution in [-0.2, 0) is 0 Å². The van der Waals surface area contributed by atoms with Crippen molar-refractivity contribution in [1.82, 2.24) is 9.97 Å². The molecule has 0 aliphatic rings. The zero-order valence-electron chi connectivity index (χ0n) is 16.5. The van der Waals surface area contributed by atoms with Gasteiger partial charge in [0, 0.05) is 21.7 Å². The molecule has 1 heterocycles. The van der Waals surface area contributed by atoms with E-state index < -0.39 is 0 Å². The molecule has 31 heavy (non-hydrogen) atoms. The third-order valence-corrected chi connectivity index (χ3v) is 5.05.